The quantitative estimate of drug-likeness (QED) is 0.364. The number of aliphatic hydroxyl groups excluding tert-OH is 1. The van der Waals surface area contributed by atoms with Crippen molar-refractivity contribution >= 4 is 5.91 Å². The summed E-state index contributed by atoms with van der Waals surface area (Å²) < 4.78 is 0. The molecule has 8 heavy (non-hydrogen) atoms. The van der Waals surface area contributed by atoms with Gasteiger partial charge in [0.2, 0.25) is 5.91 Å². The maximum Gasteiger partial charge on any atom is 0.237 e. The lowest BCUT2D eigenvalue weighted by atomic mass is 10.0. The van der Waals surface area contributed by atoms with E-state index in [1.54, 1.807) is 0 Å². The summed E-state index contributed by atoms with van der Waals surface area (Å²) in [6.45, 7) is 0.480. The lowest BCUT2D eigenvalue weighted by Crippen LogP contribution is -2.63. The van der Waals surface area contributed by atoms with Crippen molar-refractivity contribution in [2.24, 2.45) is 5.73 Å². The van der Waals surface area contributed by atoms with Crippen LogP contribution in [0.15, 0.2) is 0 Å². The van der Waals surface area contributed by atoms with Gasteiger partial charge in [0.05, 0.1) is 6.10 Å². The molecule has 0 aromatic heterocycles. The molecule has 4 N–H and O–H groups in total. The standard InChI is InChI=1S/C4H8N2O2/c5-4(8)3-2(7)1-6-3/h2-3,6-7H,1H2,(H2,5,8). The van der Waals surface area contributed by atoms with E-state index in [0.29, 0.717) is 6.54 Å². The van der Waals surface area contributed by atoms with E-state index in [1.807, 2.05) is 0 Å². The Kier molecular flexibility index (Phi) is 1.19. The van der Waals surface area contributed by atoms with Crippen LogP contribution in [0.25, 0.3) is 0 Å². The van der Waals surface area contributed by atoms with Crippen molar-refractivity contribution in [3.8, 4) is 0 Å². The molecular formula is C4H8N2O2. The number of primary amides is 1. The van der Waals surface area contributed by atoms with Crippen LogP contribution in [0, 0.1) is 0 Å². The zero-order valence-corrected chi connectivity index (χ0v) is 4.29. The molecule has 2 unspecified atom stereocenters. The Labute approximate surface area is 46.7 Å². The van der Waals surface area contributed by atoms with Gasteiger partial charge in [-0.1, -0.05) is 0 Å². The molecule has 1 saturated heterocycles. The van der Waals surface area contributed by atoms with Crippen molar-refractivity contribution in [1.29, 1.82) is 0 Å². The minimum Gasteiger partial charge on any atom is -0.390 e. The first-order chi connectivity index (χ1) is 3.72. The molecule has 46 valence electrons. The Hall–Kier alpha value is -0.610. The summed E-state index contributed by atoms with van der Waals surface area (Å²) in [4.78, 5) is 10.2. The number of carbonyl (C=O) groups is 1. The molecule has 0 radical (unpaired) electrons. The molecule has 0 bridgehead atoms. The van der Waals surface area contributed by atoms with Crippen molar-refractivity contribution in [1.82, 2.24) is 5.32 Å². The van der Waals surface area contributed by atoms with Gasteiger partial charge in [-0.15, -0.1) is 0 Å². The fraction of sp³-hybridized carbons (Fsp3) is 0.750. The topological polar surface area (TPSA) is 75.4 Å². The van der Waals surface area contributed by atoms with Crippen LogP contribution in [0.5, 0.6) is 0 Å². The van der Waals surface area contributed by atoms with Crippen LogP contribution >= 0.6 is 0 Å². The van der Waals surface area contributed by atoms with Crippen LogP contribution in [0.4, 0.5) is 0 Å². The van der Waals surface area contributed by atoms with Crippen molar-refractivity contribution in [2.75, 3.05) is 6.54 Å². The third-order valence-electron chi connectivity index (χ3n) is 1.24. The van der Waals surface area contributed by atoms with E-state index in [4.69, 9.17) is 10.8 Å². The largest absolute Gasteiger partial charge is 0.390 e. The minimum atomic E-state index is -0.563. The highest BCUT2D eigenvalue weighted by Crippen LogP contribution is 2.00. The summed E-state index contributed by atoms with van der Waals surface area (Å²) in [5.74, 6) is -0.483. The molecule has 1 amide bonds. The van der Waals surface area contributed by atoms with Crippen LogP contribution in [0.2, 0.25) is 0 Å². The molecule has 0 aromatic carbocycles. The van der Waals surface area contributed by atoms with Crippen molar-refractivity contribution in [2.45, 2.75) is 12.1 Å². The fourth-order valence-electron chi connectivity index (χ4n) is 0.631. The lowest BCUT2D eigenvalue weighted by Gasteiger charge is -2.30. The maximum atomic E-state index is 10.2. The first kappa shape index (κ1) is 5.53. The van der Waals surface area contributed by atoms with Gasteiger partial charge in [0.15, 0.2) is 0 Å². The number of aliphatic hydroxyl groups is 1. The van der Waals surface area contributed by atoms with Crippen LogP contribution in [0.1, 0.15) is 0 Å². The highest BCUT2D eigenvalue weighted by molar-refractivity contribution is 5.81. The number of β-amino-alcohol motifs (C(OH)–C–C–N with tert-alkyl or cyclic N) is 1. The van der Waals surface area contributed by atoms with Crippen molar-refractivity contribution < 1.29 is 9.90 Å². The number of nitrogens with one attached hydrogen (secondary N) is 1. The van der Waals surface area contributed by atoms with Crippen LogP contribution < -0.4 is 11.1 Å². The predicted octanol–water partition coefficient (Wildman–Crippen LogP) is -2.20. The smallest absolute Gasteiger partial charge is 0.237 e. The molecule has 4 nitrogen and oxygen atoms in total. The fourth-order valence-corrected chi connectivity index (χ4v) is 0.631. The Morgan fingerprint density at radius 3 is 2.50 bits per heavy atom. The van der Waals surface area contributed by atoms with Gasteiger partial charge in [0, 0.05) is 6.54 Å². The van der Waals surface area contributed by atoms with Gasteiger partial charge in [-0.2, -0.15) is 0 Å². The number of rotatable bonds is 1. The summed E-state index contributed by atoms with van der Waals surface area (Å²) in [6.07, 6.45) is -0.563. The van der Waals surface area contributed by atoms with Gasteiger partial charge in [0.1, 0.15) is 6.04 Å². The molecular weight excluding hydrogens is 108 g/mol. The highest BCUT2D eigenvalue weighted by Gasteiger charge is 2.32. The molecule has 1 heterocycles. The SMILES string of the molecule is NC(=O)C1NCC1O. The molecule has 1 fully saturated rings. The Morgan fingerprint density at radius 1 is 1.88 bits per heavy atom. The van der Waals surface area contributed by atoms with Crippen molar-refractivity contribution in [3.05, 3.63) is 0 Å². The number of hydrogen-bond acceptors (Lipinski definition) is 3. The van der Waals surface area contributed by atoms with E-state index in [9.17, 15) is 4.79 Å². The van der Waals surface area contributed by atoms with E-state index in [-0.39, 0.29) is 0 Å². The molecule has 0 spiro atoms. The van der Waals surface area contributed by atoms with Gasteiger partial charge < -0.3 is 16.2 Å². The molecule has 0 aromatic rings. The van der Waals surface area contributed by atoms with E-state index in [2.05, 4.69) is 5.32 Å². The minimum absolute atomic E-state index is 0.480. The third kappa shape index (κ3) is 0.677. The van der Waals surface area contributed by atoms with Gasteiger partial charge >= 0.3 is 0 Å². The van der Waals surface area contributed by atoms with Gasteiger partial charge in [-0.3, -0.25) is 4.79 Å². The average molecular weight is 116 g/mol. The second-order valence-electron chi connectivity index (χ2n) is 1.86. The van der Waals surface area contributed by atoms with E-state index >= 15 is 0 Å². The molecule has 1 aliphatic rings. The van der Waals surface area contributed by atoms with E-state index in [0.717, 1.165) is 0 Å². The summed E-state index contributed by atoms with van der Waals surface area (Å²) in [5, 5.41) is 11.4. The van der Waals surface area contributed by atoms with Gasteiger partial charge in [0.25, 0.3) is 0 Å². The zero-order valence-electron chi connectivity index (χ0n) is 4.29. The molecule has 2 atom stereocenters. The Morgan fingerprint density at radius 2 is 2.50 bits per heavy atom. The molecule has 0 aliphatic carbocycles. The molecule has 4 heteroatoms. The zero-order chi connectivity index (χ0) is 6.15. The monoisotopic (exact) mass is 116 g/mol. The van der Waals surface area contributed by atoms with Gasteiger partial charge in [-0.25, -0.2) is 0 Å². The summed E-state index contributed by atoms with van der Waals surface area (Å²) in [7, 11) is 0. The number of hydrogen-bond donors (Lipinski definition) is 3. The lowest BCUT2D eigenvalue weighted by molar-refractivity contribution is -0.125. The van der Waals surface area contributed by atoms with E-state index in [1.165, 1.54) is 0 Å². The first-order valence-corrected chi connectivity index (χ1v) is 2.42. The number of carbonyl (C=O) groups excluding carboxylic acids is 1. The average Bonchev–Trinajstić information content (AvgIpc) is 1.61. The van der Waals surface area contributed by atoms with Gasteiger partial charge in [-0.05, 0) is 0 Å². The molecule has 0 saturated carbocycles. The Bertz CT molecular complexity index is 115. The third-order valence-corrected chi connectivity index (χ3v) is 1.24. The maximum absolute atomic E-state index is 10.2. The molecule has 1 rings (SSSR count). The van der Waals surface area contributed by atoms with Crippen LogP contribution in [-0.2, 0) is 4.79 Å². The molecule has 1 aliphatic heterocycles. The summed E-state index contributed by atoms with van der Waals surface area (Å²) >= 11 is 0. The van der Waals surface area contributed by atoms with Crippen molar-refractivity contribution in [3.63, 3.8) is 0 Å². The van der Waals surface area contributed by atoms with Crippen LogP contribution in [0.3, 0.4) is 0 Å². The summed E-state index contributed by atoms with van der Waals surface area (Å²) in [6, 6.07) is -0.505. The second kappa shape index (κ2) is 1.72. The van der Waals surface area contributed by atoms with E-state index < -0.39 is 18.1 Å². The Balaban J connectivity index is 2.37. The number of amides is 1. The number of nitrogens with two attached hydrogens (primary N) is 1. The van der Waals surface area contributed by atoms with Crippen LogP contribution in [-0.4, -0.2) is 29.7 Å². The predicted molar refractivity (Wildman–Crippen MR) is 27.0 cm³/mol. The second-order valence-corrected chi connectivity index (χ2v) is 1.86. The first-order valence-electron chi connectivity index (χ1n) is 2.42. The highest BCUT2D eigenvalue weighted by atomic mass is 16.3. The summed E-state index contributed by atoms with van der Waals surface area (Å²) in [5.41, 5.74) is 4.83. The normalized spacial score (nSPS) is 36.1.